The highest BCUT2D eigenvalue weighted by atomic mass is 32.1. The molecule has 1 rings (SSSR count). The number of carbonyl (C=O) groups excluding carboxylic acids is 2. The number of esters is 2. The second-order valence-electron chi connectivity index (χ2n) is 6.20. The molecule has 0 bridgehead atoms. The van der Waals surface area contributed by atoms with Crippen LogP contribution in [0.2, 0.25) is 0 Å². The number of carbonyl (C=O) groups is 2. The molecule has 0 heterocycles. The van der Waals surface area contributed by atoms with Crippen LogP contribution < -0.4 is 0 Å². The first kappa shape index (κ1) is 22.0. The van der Waals surface area contributed by atoms with Crippen molar-refractivity contribution in [3.63, 3.8) is 0 Å². The summed E-state index contributed by atoms with van der Waals surface area (Å²) in [5.74, 6) is -0.882. The van der Waals surface area contributed by atoms with Gasteiger partial charge in [-0.1, -0.05) is 30.3 Å². The van der Waals surface area contributed by atoms with Gasteiger partial charge in [0.15, 0.2) is 0 Å². The van der Waals surface area contributed by atoms with Gasteiger partial charge in [-0.25, -0.2) is 0 Å². The normalized spacial score (nSPS) is 13.9. The lowest BCUT2D eigenvalue weighted by atomic mass is 9.82. The molecular formula is C19H25NO5S. The Kier molecular flexibility index (Phi) is 9.78. The van der Waals surface area contributed by atoms with Crippen molar-refractivity contribution in [2.45, 2.75) is 38.0 Å². The van der Waals surface area contributed by atoms with E-state index in [4.69, 9.17) is 14.2 Å². The number of thiol groups is 1. The van der Waals surface area contributed by atoms with E-state index in [1.54, 1.807) is 6.92 Å². The van der Waals surface area contributed by atoms with Crippen LogP contribution in [-0.2, 0) is 30.4 Å². The minimum atomic E-state index is -0.877. The van der Waals surface area contributed by atoms with E-state index in [1.807, 2.05) is 30.3 Å². The molecule has 0 radical (unpaired) electrons. The van der Waals surface area contributed by atoms with Gasteiger partial charge in [-0.3, -0.25) is 9.59 Å². The highest BCUT2D eigenvalue weighted by Crippen LogP contribution is 2.30. The third-order valence-electron chi connectivity index (χ3n) is 3.84. The molecule has 0 aliphatic rings. The molecule has 2 atom stereocenters. The van der Waals surface area contributed by atoms with Crippen molar-refractivity contribution in [3.8, 4) is 6.07 Å². The molecule has 0 amide bonds. The lowest BCUT2D eigenvalue weighted by Gasteiger charge is -2.23. The molecular weight excluding hydrogens is 354 g/mol. The first-order valence-corrected chi connectivity index (χ1v) is 8.86. The number of hydrogen-bond acceptors (Lipinski definition) is 7. The van der Waals surface area contributed by atoms with Gasteiger partial charge in [-0.15, -0.1) is 0 Å². The molecule has 0 saturated carbocycles. The Labute approximate surface area is 159 Å². The van der Waals surface area contributed by atoms with Crippen molar-refractivity contribution >= 4 is 24.6 Å². The Morgan fingerprint density at radius 3 is 2.54 bits per heavy atom. The van der Waals surface area contributed by atoms with E-state index in [0.29, 0.717) is 6.61 Å². The Balaban J connectivity index is 2.44. The van der Waals surface area contributed by atoms with Gasteiger partial charge in [0.1, 0.15) is 18.5 Å². The summed E-state index contributed by atoms with van der Waals surface area (Å²) < 4.78 is 15.0. The van der Waals surface area contributed by atoms with E-state index in [2.05, 4.69) is 18.7 Å². The van der Waals surface area contributed by atoms with E-state index in [9.17, 15) is 14.9 Å². The molecule has 26 heavy (non-hydrogen) atoms. The number of ether oxygens (including phenoxy) is 3. The van der Waals surface area contributed by atoms with Gasteiger partial charge >= 0.3 is 11.9 Å². The molecule has 7 heteroatoms. The number of rotatable bonds is 11. The van der Waals surface area contributed by atoms with E-state index in [-0.39, 0.29) is 32.5 Å². The summed E-state index contributed by atoms with van der Waals surface area (Å²) in [4.78, 5) is 23.8. The molecule has 1 aromatic carbocycles. The average molecular weight is 379 g/mol. The summed E-state index contributed by atoms with van der Waals surface area (Å²) in [7, 11) is 1.52. The largest absolute Gasteiger partial charge is 0.463 e. The molecule has 0 aromatic heterocycles. The summed E-state index contributed by atoms with van der Waals surface area (Å²) in [5, 5.41) is 8.70. The predicted octanol–water partition coefficient (Wildman–Crippen LogP) is 2.92. The molecule has 0 saturated heterocycles. The first-order valence-electron chi connectivity index (χ1n) is 8.34. The van der Waals surface area contributed by atoms with E-state index < -0.39 is 22.6 Å². The van der Waals surface area contributed by atoms with Crippen molar-refractivity contribution in [1.29, 1.82) is 5.26 Å². The van der Waals surface area contributed by atoms with Gasteiger partial charge in [0.05, 0.1) is 18.1 Å². The van der Waals surface area contributed by atoms with Gasteiger partial charge in [0.25, 0.3) is 0 Å². The van der Waals surface area contributed by atoms with Crippen molar-refractivity contribution in [2.75, 3.05) is 20.3 Å². The lowest BCUT2D eigenvalue weighted by Crippen LogP contribution is -2.27. The fourth-order valence-electron chi connectivity index (χ4n) is 2.23. The molecule has 0 fully saturated rings. The Bertz CT molecular complexity index is 616. The fraction of sp³-hybridized carbons (Fsp3) is 0.526. The molecule has 0 aliphatic heterocycles. The van der Waals surface area contributed by atoms with Crippen LogP contribution in [0.5, 0.6) is 0 Å². The summed E-state index contributed by atoms with van der Waals surface area (Å²) in [5.41, 5.74) is 0.00147. The first-order chi connectivity index (χ1) is 12.4. The van der Waals surface area contributed by atoms with Crippen LogP contribution in [-0.4, -0.2) is 37.5 Å². The van der Waals surface area contributed by atoms with Crippen molar-refractivity contribution in [1.82, 2.24) is 0 Å². The van der Waals surface area contributed by atoms with E-state index in [0.717, 1.165) is 5.56 Å². The maximum atomic E-state index is 12.1. The summed E-state index contributed by atoms with van der Waals surface area (Å²) in [6.45, 7) is 2.36. The van der Waals surface area contributed by atoms with Crippen LogP contribution in [0.4, 0.5) is 0 Å². The minimum absolute atomic E-state index is 0.0906. The van der Waals surface area contributed by atoms with Gasteiger partial charge < -0.3 is 14.2 Å². The minimum Gasteiger partial charge on any atom is -0.463 e. The second kappa shape index (κ2) is 11.6. The van der Waals surface area contributed by atoms with Gasteiger partial charge in [-0.05, 0) is 25.3 Å². The molecule has 0 N–H and O–H groups in total. The predicted molar refractivity (Wildman–Crippen MR) is 99.4 cm³/mol. The Hall–Kier alpha value is -2.04. The zero-order chi connectivity index (χ0) is 19.4. The van der Waals surface area contributed by atoms with Crippen LogP contribution in [0.15, 0.2) is 30.3 Å². The highest BCUT2D eigenvalue weighted by Gasteiger charge is 2.31. The van der Waals surface area contributed by atoms with Crippen LogP contribution >= 0.6 is 12.6 Å². The van der Waals surface area contributed by atoms with Crippen LogP contribution in [0.25, 0.3) is 0 Å². The number of nitriles is 1. The molecule has 1 aromatic rings. The topological polar surface area (TPSA) is 85.6 Å². The van der Waals surface area contributed by atoms with Crippen LogP contribution in [0.3, 0.4) is 0 Å². The molecule has 6 nitrogen and oxygen atoms in total. The zero-order valence-corrected chi connectivity index (χ0v) is 16.0. The number of benzene rings is 1. The zero-order valence-electron chi connectivity index (χ0n) is 15.1. The van der Waals surface area contributed by atoms with Crippen molar-refractivity contribution < 1.29 is 23.8 Å². The number of methoxy groups -OCH3 is 1. The van der Waals surface area contributed by atoms with Gasteiger partial charge in [0.2, 0.25) is 0 Å². The lowest BCUT2D eigenvalue weighted by molar-refractivity contribution is -0.145. The van der Waals surface area contributed by atoms with Crippen molar-refractivity contribution in [2.24, 2.45) is 5.41 Å². The monoisotopic (exact) mass is 379 g/mol. The van der Waals surface area contributed by atoms with Crippen molar-refractivity contribution in [3.05, 3.63) is 35.9 Å². The molecule has 0 aliphatic carbocycles. The third kappa shape index (κ3) is 8.37. The average Bonchev–Trinajstić information content (AvgIpc) is 2.65. The van der Waals surface area contributed by atoms with E-state index in [1.165, 1.54) is 7.11 Å². The van der Waals surface area contributed by atoms with Gasteiger partial charge in [-0.2, -0.15) is 17.9 Å². The highest BCUT2D eigenvalue weighted by molar-refractivity contribution is 7.81. The number of nitrogens with zero attached hydrogens (tertiary/aromatic N) is 1. The summed E-state index contributed by atoms with van der Waals surface area (Å²) in [6, 6.07) is 11.5. The molecule has 142 valence electrons. The SMILES string of the molecule is COCCOC(=O)CCC(C)(C#N)CC(S)C(=O)OCc1ccccc1. The Morgan fingerprint density at radius 1 is 1.23 bits per heavy atom. The van der Waals surface area contributed by atoms with Crippen LogP contribution in [0, 0.1) is 16.7 Å². The summed E-state index contributed by atoms with van der Waals surface area (Å²) in [6.07, 6.45) is 0.553. The fourth-order valence-corrected chi connectivity index (χ4v) is 2.71. The second-order valence-corrected chi connectivity index (χ2v) is 6.82. The molecule has 2 unspecified atom stereocenters. The standard InChI is InChI=1S/C19H25NO5S/c1-19(14-20,9-8-17(21)24-11-10-23-2)12-16(26)18(22)25-13-15-6-4-3-5-7-15/h3-7,16,26H,8-13H2,1-2H3. The van der Waals surface area contributed by atoms with Crippen LogP contribution in [0.1, 0.15) is 31.7 Å². The Morgan fingerprint density at radius 2 is 1.92 bits per heavy atom. The van der Waals surface area contributed by atoms with Gasteiger partial charge in [0, 0.05) is 13.5 Å². The smallest absolute Gasteiger partial charge is 0.319 e. The quantitative estimate of drug-likeness (QED) is 0.361. The molecule has 0 spiro atoms. The maximum Gasteiger partial charge on any atom is 0.319 e. The summed E-state index contributed by atoms with van der Waals surface area (Å²) >= 11 is 4.27. The third-order valence-corrected chi connectivity index (χ3v) is 4.23. The van der Waals surface area contributed by atoms with E-state index >= 15 is 0 Å². The number of hydrogen-bond donors (Lipinski definition) is 1. The maximum absolute atomic E-state index is 12.1.